The third-order valence-electron chi connectivity index (χ3n) is 5.85. The molecule has 3 rings (SSSR count). The zero-order chi connectivity index (χ0) is 25.8. The summed E-state index contributed by atoms with van der Waals surface area (Å²) < 4.78 is 5.08. The fourth-order valence-electron chi connectivity index (χ4n) is 4.35. The lowest BCUT2D eigenvalue weighted by Gasteiger charge is -2.21. The molecule has 0 aromatic carbocycles. The summed E-state index contributed by atoms with van der Waals surface area (Å²) in [7, 11) is 1.71. The third kappa shape index (κ3) is 11.9. The predicted molar refractivity (Wildman–Crippen MR) is 125 cm³/mol. The number of aliphatic hydroxyl groups is 4. The molecule has 198 valence electrons. The van der Waals surface area contributed by atoms with Crippen molar-refractivity contribution in [2.45, 2.75) is 64.1 Å². The molecule has 3 aliphatic heterocycles. The van der Waals surface area contributed by atoms with Crippen LogP contribution in [-0.4, -0.2) is 149 Å². The molecule has 0 amide bonds. The van der Waals surface area contributed by atoms with E-state index < -0.39 is 24.4 Å². The number of Topliss-reactive ketones (excluding diaryl/α,β-unsaturated/α-hetero) is 3. The Morgan fingerprint density at radius 3 is 1.44 bits per heavy atom. The summed E-state index contributed by atoms with van der Waals surface area (Å²) in [6.07, 6.45) is -0.380. The van der Waals surface area contributed by atoms with Crippen molar-refractivity contribution in [3.63, 3.8) is 0 Å². The average Bonchev–Trinajstić information content (AvgIpc) is 3.36. The first-order valence-electron chi connectivity index (χ1n) is 11.8. The lowest BCUT2D eigenvalue weighted by Crippen LogP contribution is -2.36. The Balaban J connectivity index is 0.000000255. The van der Waals surface area contributed by atoms with Crippen molar-refractivity contribution in [1.82, 2.24) is 14.7 Å². The van der Waals surface area contributed by atoms with Gasteiger partial charge in [0.2, 0.25) is 0 Å². The summed E-state index contributed by atoms with van der Waals surface area (Å²) in [5, 5.41) is 36.3. The summed E-state index contributed by atoms with van der Waals surface area (Å²) in [6.45, 7) is 9.30. The van der Waals surface area contributed by atoms with E-state index in [1.807, 2.05) is 0 Å². The Morgan fingerprint density at radius 2 is 1.12 bits per heavy atom. The summed E-state index contributed by atoms with van der Waals surface area (Å²) >= 11 is 0. The van der Waals surface area contributed by atoms with Crippen molar-refractivity contribution in [3.8, 4) is 0 Å². The Hall–Kier alpha value is -1.31. The number of aliphatic hydroxyl groups excluding tert-OH is 4. The van der Waals surface area contributed by atoms with Crippen LogP contribution in [0.5, 0.6) is 0 Å². The van der Waals surface area contributed by atoms with Crippen molar-refractivity contribution in [2.24, 2.45) is 0 Å². The van der Waals surface area contributed by atoms with Gasteiger partial charge in [-0.15, -0.1) is 0 Å². The lowest BCUT2D eigenvalue weighted by molar-refractivity contribution is -0.119. The number of nitrogens with zero attached hydrogens (tertiary/aromatic N) is 3. The molecule has 0 bridgehead atoms. The van der Waals surface area contributed by atoms with Gasteiger partial charge in [-0.25, -0.2) is 0 Å². The average molecular weight is 490 g/mol. The van der Waals surface area contributed by atoms with Crippen molar-refractivity contribution in [2.75, 3.05) is 66.1 Å². The molecule has 0 spiro atoms. The highest BCUT2D eigenvalue weighted by molar-refractivity contribution is 5.78. The number of β-amino-alcohol motifs (C(OH)–C–C–N with tert-alkyl or cyclic N) is 4. The number of ether oxygens (including phenoxy) is 1. The van der Waals surface area contributed by atoms with Gasteiger partial charge in [-0.05, 0) is 40.2 Å². The molecule has 0 unspecified atom stereocenters. The number of ketones is 3. The van der Waals surface area contributed by atoms with Gasteiger partial charge in [0.15, 0.2) is 0 Å². The minimum Gasteiger partial charge on any atom is -0.389 e. The number of carbonyl (C=O) groups excluding carboxylic acids is 3. The van der Waals surface area contributed by atoms with Gasteiger partial charge in [-0.3, -0.25) is 29.1 Å². The Bertz CT molecular complexity index is 594. The molecular formula is C23H43N3O8. The Kier molecular flexibility index (Phi) is 14.1. The van der Waals surface area contributed by atoms with Gasteiger partial charge >= 0.3 is 0 Å². The van der Waals surface area contributed by atoms with Gasteiger partial charge in [0.1, 0.15) is 17.3 Å². The van der Waals surface area contributed by atoms with E-state index in [4.69, 9.17) is 25.2 Å². The highest BCUT2D eigenvalue weighted by atomic mass is 16.5. The van der Waals surface area contributed by atoms with Gasteiger partial charge in [0.25, 0.3) is 0 Å². The highest BCUT2D eigenvalue weighted by Crippen LogP contribution is 2.16. The van der Waals surface area contributed by atoms with Crippen LogP contribution in [0.3, 0.4) is 0 Å². The number of carbonyl (C=O) groups is 3. The van der Waals surface area contributed by atoms with Crippen LogP contribution in [-0.2, 0) is 19.1 Å². The summed E-state index contributed by atoms with van der Waals surface area (Å²) in [6, 6.07) is 0.471. The van der Waals surface area contributed by atoms with Crippen molar-refractivity contribution >= 4 is 17.3 Å². The number of likely N-dealkylation sites (tertiary alicyclic amines) is 3. The van der Waals surface area contributed by atoms with E-state index in [9.17, 15) is 14.4 Å². The molecule has 0 aliphatic carbocycles. The fraction of sp³-hybridized carbons (Fsp3) is 0.870. The molecule has 5 atom stereocenters. The monoisotopic (exact) mass is 489 g/mol. The first-order valence-corrected chi connectivity index (χ1v) is 11.8. The van der Waals surface area contributed by atoms with Crippen molar-refractivity contribution in [1.29, 1.82) is 0 Å². The Labute approximate surface area is 202 Å². The second-order valence-electron chi connectivity index (χ2n) is 9.49. The molecule has 34 heavy (non-hydrogen) atoms. The van der Waals surface area contributed by atoms with Gasteiger partial charge < -0.3 is 25.2 Å². The van der Waals surface area contributed by atoms with E-state index in [-0.39, 0.29) is 17.3 Å². The largest absolute Gasteiger partial charge is 0.389 e. The second kappa shape index (κ2) is 15.6. The predicted octanol–water partition coefficient (Wildman–Crippen LogP) is -2.09. The van der Waals surface area contributed by atoms with Crippen LogP contribution in [0.25, 0.3) is 0 Å². The van der Waals surface area contributed by atoms with Crippen LogP contribution >= 0.6 is 0 Å². The van der Waals surface area contributed by atoms with E-state index in [2.05, 4.69) is 4.90 Å². The van der Waals surface area contributed by atoms with E-state index in [1.54, 1.807) is 23.8 Å². The fourth-order valence-corrected chi connectivity index (χ4v) is 4.35. The normalized spacial score (nSPS) is 29.8. The molecule has 3 heterocycles. The maximum atomic E-state index is 10.9. The molecule has 0 aromatic heterocycles. The van der Waals surface area contributed by atoms with Gasteiger partial charge in [-0.2, -0.15) is 0 Å². The van der Waals surface area contributed by atoms with Crippen LogP contribution in [0, 0.1) is 0 Å². The first-order chi connectivity index (χ1) is 15.9. The van der Waals surface area contributed by atoms with Gasteiger partial charge in [-0.1, -0.05) is 0 Å². The lowest BCUT2D eigenvalue weighted by atomic mass is 10.2. The molecular weight excluding hydrogens is 446 g/mol. The van der Waals surface area contributed by atoms with Crippen LogP contribution in [0.4, 0.5) is 0 Å². The van der Waals surface area contributed by atoms with Crippen LogP contribution in [0.15, 0.2) is 0 Å². The molecule has 4 N–H and O–H groups in total. The van der Waals surface area contributed by atoms with E-state index in [1.165, 1.54) is 26.7 Å². The van der Waals surface area contributed by atoms with Crippen LogP contribution in [0.2, 0.25) is 0 Å². The topological polar surface area (TPSA) is 151 Å². The maximum Gasteiger partial charge on any atom is 0.143 e. The van der Waals surface area contributed by atoms with Crippen LogP contribution < -0.4 is 0 Å². The zero-order valence-corrected chi connectivity index (χ0v) is 20.9. The zero-order valence-electron chi connectivity index (χ0n) is 20.9. The molecule has 3 saturated heterocycles. The molecule has 11 nitrogen and oxygen atoms in total. The van der Waals surface area contributed by atoms with Crippen molar-refractivity contribution in [3.05, 3.63) is 0 Å². The number of hydrogen-bond donors (Lipinski definition) is 4. The van der Waals surface area contributed by atoms with Gasteiger partial charge in [0.05, 0.1) is 50.7 Å². The first kappa shape index (κ1) is 30.7. The molecule has 0 aromatic rings. The number of hydrogen-bond acceptors (Lipinski definition) is 11. The molecule has 3 aliphatic rings. The molecule has 11 heteroatoms. The minimum atomic E-state index is -0.686. The highest BCUT2D eigenvalue weighted by Gasteiger charge is 2.30. The number of methoxy groups -OCH3 is 1. The summed E-state index contributed by atoms with van der Waals surface area (Å²) in [5.41, 5.74) is 0. The van der Waals surface area contributed by atoms with E-state index in [0.717, 1.165) is 13.2 Å². The van der Waals surface area contributed by atoms with Crippen LogP contribution in [0.1, 0.15) is 33.6 Å². The third-order valence-corrected chi connectivity index (χ3v) is 5.85. The standard InChI is InChI=1S/C9H17NO2.2C7H13NO3/c1-8(11)6-10-5-3-4-9(10)7-12-2;2*1-5(9)2-8-3-6(10)7(11)4-8/h9H,3-7H2,1-2H3;2*6-7,10-11H,2-4H2,1H3/t9-;2*6-,7-/m110/s1. The molecule has 0 radical (unpaired) electrons. The minimum absolute atomic E-state index is 0.0614. The number of rotatable bonds is 8. The van der Waals surface area contributed by atoms with Gasteiger partial charge in [0, 0.05) is 39.3 Å². The Morgan fingerprint density at radius 1 is 0.735 bits per heavy atom. The summed E-state index contributed by atoms with van der Waals surface area (Å²) in [5.74, 6) is 0.371. The summed E-state index contributed by atoms with van der Waals surface area (Å²) in [4.78, 5) is 37.8. The second-order valence-corrected chi connectivity index (χ2v) is 9.49. The maximum absolute atomic E-state index is 10.9. The molecule has 0 saturated carbocycles. The quantitative estimate of drug-likeness (QED) is 0.297. The van der Waals surface area contributed by atoms with E-state index in [0.29, 0.717) is 51.9 Å². The smallest absolute Gasteiger partial charge is 0.143 e. The van der Waals surface area contributed by atoms with Crippen molar-refractivity contribution < 1.29 is 39.5 Å². The SMILES string of the molecule is CC(=O)CN1C[C@@H](O)[C@H](O)C1.CC(=O)CN1C[C@H](O)[C@@H](O)C1.COC[C@H]1CCCN1CC(C)=O. The van der Waals surface area contributed by atoms with E-state index >= 15 is 0 Å². The molecule has 3 fully saturated rings.